The van der Waals surface area contributed by atoms with Gasteiger partial charge in [0.25, 0.3) is 0 Å². The fourth-order valence-corrected chi connectivity index (χ4v) is 2.44. The van der Waals surface area contributed by atoms with Crippen LogP contribution in [0.5, 0.6) is 0 Å². The van der Waals surface area contributed by atoms with Crippen molar-refractivity contribution in [2.75, 3.05) is 5.32 Å². The quantitative estimate of drug-likeness (QED) is 0.838. The van der Waals surface area contributed by atoms with Crippen molar-refractivity contribution in [3.8, 4) is 0 Å². The zero-order valence-corrected chi connectivity index (χ0v) is 10.5. The Hall–Kier alpha value is -0.640. The molecular weight excluding hydrogens is 254 g/mol. The molecule has 1 heterocycles. The Bertz CT molecular complexity index is 329. The van der Waals surface area contributed by atoms with Gasteiger partial charge in [0, 0.05) is 12.1 Å². The normalized spacial score (nSPS) is 26.3. The highest BCUT2D eigenvalue weighted by Gasteiger charge is 2.21. The number of anilines is 1. The minimum absolute atomic E-state index is 0.570. The van der Waals surface area contributed by atoms with E-state index in [1.165, 1.54) is 25.7 Å². The predicted octanol–water partition coefficient (Wildman–Crippen LogP) is 3.23. The van der Waals surface area contributed by atoms with Crippen LogP contribution >= 0.6 is 15.9 Å². The highest BCUT2D eigenvalue weighted by atomic mass is 79.9. The molecule has 0 radical (unpaired) electrons. The van der Waals surface area contributed by atoms with E-state index < -0.39 is 0 Å². The Morgan fingerprint density at radius 2 is 2.13 bits per heavy atom. The molecular formula is C11H16BrN3. The minimum Gasteiger partial charge on any atom is -0.367 e. The molecule has 1 aromatic rings. The molecule has 1 aliphatic rings. The van der Waals surface area contributed by atoms with Crippen LogP contribution in [0.4, 0.5) is 5.82 Å². The summed E-state index contributed by atoms with van der Waals surface area (Å²) in [6.07, 6.45) is 6.85. The van der Waals surface area contributed by atoms with Gasteiger partial charge in [0.15, 0.2) is 0 Å². The maximum absolute atomic E-state index is 4.22. The number of rotatable bonds is 2. The third-order valence-corrected chi connectivity index (χ3v) is 3.51. The molecule has 0 saturated heterocycles. The standard InChI is InChI=1S/C11H16BrN3/c1-8-4-2-3-5-9(8)15-11-6-10(12)13-7-14-11/h6-9H,2-5H2,1H3,(H,13,14,15). The van der Waals surface area contributed by atoms with Crippen LogP contribution in [0.3, 0.4) is 0 Å². The smallest absolute Gasteiger partial charge is 0.130 e. The highest BCUT2D eigenvalue weighted by molar-refractivity contribution is 9.10. The molecule has 1 aliphatic carbocycles. The molecule has 0 spiro atoms. The van der Waals surface area contributed by atoms with Gasteiger partial charge in [-0.05, 0) is 34.7 Å². The Morgan fingerprint density at radius 3 is 2.87 bits per heavy atom. The Morgan fingerprint density at radius 1 is 1.33 bits per heavy atom. The first-order valence-electron chi connectivity index (χ1n) is 5.50. The first kappa shape index (κ1) is 10.9. The van der Waals surface area contributed by atoms with E-state index in [2.05, 4.69) is 38.1 Å². The second-order valence-corrected chi connectivity index (χ2v) is 5.05. The van der Waals surface area contributed by atoms with Gasteiger partial charge in [-0.2, -0.15) is 0 Å². The molecule has 1 aromatic heterocycles. The fourth-order valence-electron chi connectivity index (χ4n) is 2.13. The topological polar surface area (TPSA) is 37.8 Å². The van der Waals surface area contributed by atoms with Crippen molar-refractivity contribution in [2.24, 2.45) is 5.92 Å². The average Bonchev–Trinajstić information content (AvgIpc) is 2.22. The van der Waals surface area contributed by atoms with Gasteiger partial charge in [0.1, 0.15) is 16.7 Å². The van der Waals surface area contributed by atoms with Crippen molar-refractivity contribution < 1.29 is 0 Å². The summed E-state index contributed by atoms with van der Waals surface area (Å²) in [6, 6.07) is 2.50. The van der Waals surface area contributed by atoms with Crippen LogP contribution in [-0.4, -0.2) is 16.0 Å². The summed E-state index contributed by atoms with van der Waals surface area (Å²) in [7, 11) is 0. The van der Waals surface area contributed by atoms with Crippen LogP contribution in [-0.2, 0) is 0 Å². The van der Waals surface area contributed by atoms with Gasteiger partial charge < -0.3 is 5.32 Å². The van der Waals surface area contributed by atoms with Gasteiger partial charge >= 0.3 is 0 Å². The maximum atomic E-state index is 4.22. The zero-order chi connectivity index (χ0) is 10.7. The molecule has 2 rings (SSSR count). The number of nitrogens with zero attached hydrogens (tertiary/aromatic N) is 2. The lowest BCUT2D eigenvalue weighted by molar-refractivity contribution is 0.349. The highest BCUT2D eigenvalue weighted by Crippen LogP contribution is 2.26. The molecule has 1 N–H and O–H groups in total. The molecule has 1 saturated carbocycles. The SMILES string of the molecule is CC1CCCCC1Nc1cc(Br)ncn1. The number of hydrogen-bond acceptors (Lipinski definition) is 3. The van der Waals surface area contributed by atoms with Crippen molar-refractivity contribution in [3.63, 3.8) is 0 Å². The van der Waals surface area contributed by atoms with Crippen molar-refractivity contribution >= 4 is 21.7 Å². The Labute approximate surface area is 98.8 Å². The van der Waals surface area contributed by atoms with E-state index in [0.29, 0.717) is 6.04 Å². The zero-order valence-electron chi connectivity index (χ0n) is 8.91. The first-order chi connectivity index (χ1) is 7.25. The Balaban J connectivity index is 2.01. The maximum Gasteiger partial charge on any atom is 0.130 e. The third-order valence-electron chi connectivity index (χ3n) is 3.08. The van der Waals surface area contributed by atoms with E-state index >= 15 is 0 Å². The second-order valence-electron chi connectivity index (χ2n) is 4.24. The van der Waals surface area contributed by atoms with Crippen LogP contribution < -0.4 is 5.32 Å². The summed E-state index contributed by atoms with van der Waals surface area (Å²) in [5.74, 6) is 1.67. The largest absolute Gasteiger partial charge is 0.367 e. The molecule has 2 unspecified atom stereocenters. The monoisotopic (exact) mass is 269 g/mol. The molecule has 0 aliphatic heterocycles. The summed E-state index contributed by atoms with van der Waals surface area (Å²) in [5.41, 5.74) is 0. The van der Waals surface area contributed by atoms with E-state index in [1.807, 2.05) is 6.07 Å². The number of nitrogens with one attached hydrogen (secondary N) is 1. The lowest BCUT2D eigenvalue weighted by Gasteiger charge is -2.29. The van der Waals surface area contributed by atoms with Gasteiger partial charge in [-0.15, -0.1) is 0 Å². The fraction of sp³-hybridized carbons (Fsp3) is 0.636. The molecule has 0 aromatic carbocycles. The van der Waals surface area contributed by atoms with Gasteiger partial charge in [0.05, 0.1) is 0 Å². The van der Waals surface area contributed by atoms with E-state index in [4.69, 9.17) is 0 Å². The molecule has 2 atom stereocenters. The van der Waals surface area contributed by atoms with E-state index in [0.717, 1.165) is 16.3 Å². The van der Waals surface area contributed by atoms with E-state index in [1.54, 1.807) is 6.33 Å². The minimum atomic E-state index is 0.570. The van der Waals surface area contributed by atoms with Crippen LogP contribution in [0.25, 0.3) is 0 Å². The molecule has 0 amide bonds. The lowest BCUT2D eigenvalue weighted by Crippen LogP contribution is -2.30. The first-order valence-corrected chi connectivity index (χ1v) is 6.29. The average molecular weight is 270 g/mol. The summed E-state index contributed by atoms with van der Waals surface area (Å²) >= 11 is 3.35. The lowest BCUT2D eigenvalue weighted by atomic mass is 9.86. The summed E-state index contributed by atoms with van der Waals surface area (Å²) in [6.45, 7) is 2.31. The summed E-state index contributed by atoms with van der Waals surface area (Å²) in [5, 5.41) is 3.49. The van der Waals surface area contributed by atoms with Crippen molar-refractivity contribution in [3.05, 3.63) is 17.0 Å². The summed E-state index contributed by atoms with van der Waals surface area (Å²) < 4.78 is 0.837. The van der Waals surface area contributed by atoms with Gasteiger partial charge in [-0.3, -0.25) is 0 Å². The van der Waals surface area contributed by atoms with Gasteiger partial charge in [-0.1, -0.05) is 19.8 Å². The summed E-state index contributed by atoms with van der Waals surface area (Å²) in [4.78, 5) is 8.23. The molecule has 15 heavy (non-hydrogen) atoms. The van der Waals surface area contributed by atoms with Crippen molar-refractivity contribution in [1.82, 2.24) is 9.97 Å². The number of halogens is 1. The van der Waals surface area contributed by atoms with Crippen LogP contribution in [0.15, 0.2) is 17.0 Å². The predicted molar refractivity (Wildman–Crippen MR) is 64.8 cm³/mol. The third kappa shape index (κ3) is 2.91. The van der Waals surface area contributed by atoms with Crippen molar-refractivity contribution in [1.29, 1.82) is 0 Å². The van der Waals surface area contributed by atoms with Crippen LogP contribution in [0, 0.1) is 5.92 Å². The molecule has 82 valence electrons. The Kier molecular flexibility index (Phi) is 3.57. The van der Waals surface area contributed by atoms with Gasteiger partial charge in [0.2, 0.25) is 0 Å². The number of hydrogen-bond donors (Lipinski definition) is 1. The molecule has 3 nitrogen and oxygen atoms in total. The number of aromatic nitrogens is 2. The molecule has 0 bridgehead atoms. The molecule has 4 heteroatoms. The van der Waals surface area contributed by atoms with Gasteiger partial charge in [-0.25, -0.2) is 9.97 Å². The van der Waals surface area contributed by atoms with Crippen LogP contribution in [0.1, 0.15) is 32.6 Å². The van der Waals surface area contributed by atoms with Crippen LogP contribution in [0.2, 0.25) is 0 Å². The molecule has 1 fully saturated rings. The van der Waals surface area contributed by atoms with E-state index in [9.17, 15) is 0 Å². The van der Waals surface area contributed by atoms with E-state index in [-0.39, 0.29) is 0 Å². The second kappa shape index (κ2) is 4.92. The van der Waals surface area contributed by atoms with Crippen molar-refractivity contribution in [2.45, 2.75) is 38.6 Å².